The van der Waals surface area contributed by atoms with Crippen LogP contribution in [-0.2, 0) is 36.7 Å². The van der Waals surface area contributed by atoms with Gasteiger partial charge in [-0.3, -0.25) is 14.4 Å². The van der Waals surface area contributed by atoms with Crippen molar-refractivity contribution in [3.05, 3.63) is 64.7 Å². The average molecular weight is 669 g/mol. The van der Waals surface area contributed by atoms with Gasteiger partial charge in [-0.15, -0.1) is 0 Å². The Morgan fingerprint density at radius 3 is 1.92 bits per heavy atom. The average Bonchev–Trinajstić information content (AvgIpc) is 2.94. The highest BCUT2D eigenvalue weighted by Gasteiger charge is 2.29. The fourth-order valence-electron chi connectivity index (χ4n) is 4.94. The van der Waals surface area contributed by atoms with E-state index in [9.17, 15) is 29.1 Å². The van der Waals surface area contributed by atoms with Crippen LogP contribution in [0.4, 0.5) is 9.59 Å². The van der Waals surface area contributed by atoms with Crippen LogP contribution >= 0.6 is 0 Å². The lowest BCUT2D eigenvalue weighted by molar-refractivity contribution is -0.129. The van der Waals surface area contributed by atoms with Gasteiger partial charge in [-0.2, -0.15) is 0 Å². The number of amides is 4. The van der Waals surface area contributed by atoms with E-state index in [1.165, 1.54) is 0 Å². The molecular formula is C36H52N4O8. The van der Waals surface area contributed by atoms with E-state index in [-0.39, 0.29) is 37.5 Å². The standard InChI is InChI=1S/C36H52N4O8/c1-22-15-27(41)16-23(2)28(22)19-29(40-34(46)48-36(7,8)9)30(42)17-24(3)32(44)37-20-26(18-25-13-11-10-12-14-25)39-31(43)21-38-33(45)47-35(4,5)6/h10-16,24,26,29,41H,17-21H2,1-9H3,(H,37,44)(H,38,45)(H,39,43)(H,40,46)/t24-,26-,29-/m0/s1. The third-order valence-corrected chi connectivity index (χ3v) is 7.13. The number of nitrogens with one attached hydrogen (secondary N) is 4. The second-order valence-electron chi connectivity index (χ2n) is 14.1. The van der Waals surface area contributed by atoms with Crippen LogP contribution in [0.15, 0.2) is 42.5 Å². The molecule has 0 aliphatic heterocycles. The van der Waals surface area contributed by atoms with E-state index in [0.29, 0.717) is 6.42 Å². The maximum Gasteiger partial charge on any atom is 0.408 e. The number of aromatic hydroxyl groups is 1. The number of Topliss-reactive ketones (excluding diaryl/α,β-unsaturated/α-hetero) is 1. The SMILES string of the molecule is Cc1cc(O)cc(C)c1C[C@H](NC(=O)OC(C)(C)C)C(=O)C[C@H](C)C(=O)NC[C@H](Cc1ccccc1)NC(=O)CNC(=O)OC(C)(C)C. The summed E-state index contributed by atoms with van der Waals surface area (Å²) in [6.07, 6.45) is -1.10. The molecular weight excluding hydrogens is 616 g/mol. The summed E-state index contributed by atoms with van der Waals surface area (Å²) in [5, 5.41) is 20.8. The summed E-state index contributed by atoms with van der Waals surface area (Å²) in [4.78, 5) is 64.2. The lowest BCUT2D eigenvalue weighted by Gasteiger charge is -2.25. The zero-order valence-corrected chi connectivity index (χ0v) is 29.6. The van der Waals surface area contributed by atoms with Gasteiger partial charge in [0, 0.05) is 25.3 Å². The summed E-state index contributed by atoms with van der Waals surface area (Å²) in [5.41, 5.74) is 1.74. The van der Waals surface area contributed by atoms with E-state index in [0.717, 1.165) is 22.3 Å². The van der Waals surface area contributed by atoms with Crippen LogP contribution in [-0.4, -0.2) is 71.3 Å². The number of ketones is 1. The molecule has 2 rings (SSSR count). The van der Waals surface area contributed by atoms with Gasteiger partial charge in [-0.05, 0) is 96.2 Å². The van der Waals surface area contributed by atoms with Crippen LogP contribution in [0, 0.1) is 19.8 Å². The molecule has 3 atom stereocenters. The molecule has 264 valence electrons. The van der Waals surface area contributed by atoms with Crippen molar-refractivity contribution in [2.24, 2.45) is 5.92 Å². The van der Waals surface area contributed by atoms with Crippen molar-refractivity contribution in [1.82, 2.24) is 21.3 Å². The highest BCUT2D eigenvalue weighted by Crippen LogP contribution is 2.23. The third kappa shape index (κ3) is 14.9. The van der Waals surface area contributed by atoms with Crippen LogP contribution in [0.2, 0.25) is 0 Å². The van der Waals surface area contributed by atoms with Gasteiger partial charge >= 0.3 is 12.2 Å². The topological polar surface area (TPSA) is 172 Å². The number of ether oxygens (including phenoxy) is 2. The summed E-state index contributed by atoms with van der Waals surface area (Å²) < 4.78 is 10.6. The Morgan fingerprint density at radius 2 is 1.35 bits per heavy atom. The van der Waals surface area contributed by atoms with Crippen LogP contribution in [0.25, 0.3) is 0 Å². The van der Waals surface area contributed by atoms with Gasteiger partial charge in [-0.1, -0.05) is 37.3 Å². The quantitative estimate of drug-likeness (QED) is 0.197. The molecule has 0 saturated carbocycles. The van der Waals surface area contributed by atoms with Gasteiger partial charge in [0.1, 0.15) is 23.5 Å². The highest BCUT2D eigenvalue weighted by molar-refractivity contribution is 5.92. The minimum atomic E-state index is -0.986. The Balaban J connectivity index is 2.11. The van der Waals surface area contributed by atoms with Gasteiger partial charge in [0.2, 0.25) is 11.8 Å². The fraction of sp³-hybridized carbons (Fsp3) is 0.528. The molecule has 48 heavy (non-hydrogen) atoms. The second-order valence-corrected chi connectivity index (χ2v) is 14.1. The molecule has 0 radical (unpaired) electrons. The first-order valence-electron chi connectivity index (χ1n) is 16.1. The highest BCUT2D eigenvalue weighted by atomic mass is 16.6. The zero-order chi connectivity index (χ0) is 36.2. The van der Waals surface area contributed by atoms with Crippen molar-refractivity contribution in [2.75, 3.05) is 13.1 Å². The van der Waals surface area contributed by atoms with Gasteiger partial charge in [-0.25, -0.2) is 9.59 Å². The van der Waals surface area contributed by atoms with Crippen LogP contribution in [0.5, 0.6) is 5.75 Å². The molecule has 4 amide bonds. The molecule has 0 aliphatic rings. The predicted molar refractivity (Wildman–Crippen MR) is 183 cm³/mol. The molecule has 2 aromatic rings. The molecule has 0 unspecified atom stereocenters. The first-order valence-corrected chi connectivity index (χ1v) is 16.1. The first-order chi connectivity index (χ1) is 22.2. The van der Waals surface area contributed by atoms with E-state index in [4.69, 9.17) is 9.47 Å². The molecule has 0 fully saturated rings. The predicted octanol–water partition coefficient (Wildman–Crippen LogP) is 4.41. The number of carbonyl (C=O) groups excluding carboxylic acids is 5. The van der Waals surface area contributed by atoms with Gasteiger partial charge < -0.3 is 35.8 Å². The minimum Gasteiger partial charge on any atom is -0.508 e. The van der Waals surface area contributed by atoms with Crippen LogP contribution < -0.4 is 21.3 Å². The van der Waals surface area contributed by atoms with Crippen molar-refractivity contribution >= 4 is 29.8 Å². The van der Waals surface area contributed by atoms with Gasteiger partial charge in [0.15, 0.2) is 5.78 Å². The van der Waals surface area contributed by atoms with E-state index in [2.05, 4.69) is 21.3 Å². The molecule has 0 bridgehead atoms. The molecule has 12 nitrogen and oxygen atoms in total. The van der Waals surface area contributed by atoms with E-state index >= 15 is 0 Å². The van der Waals surface area contributed by atoms with Gasteiger partial charge in [0.05, 0.1) is 12.1 Å². The van der Waals surface area contributed by atoms with Crippen molar-refractivity contribution < 1.29 is 38.6 Å². The molecule has 0 spiro atoms. The number of alkyl carbamates (subject to hydrolysis) is 2. The zero-order valence-electron chi connectivity index (χ0n) is 29.6. The first kappa shape index (κ1) is 39.6. The number of hydrogen-bond donors (Lipinski definition) is 5. The Hall–Kier alpha value is -4.61. The summed E-state index contributed by atoms with van der Waals surface area (Å²) >= 11 is 0. The summed E-state index contributed by atoms with van der Waals surface area (Å²) in [5.74, 6) is -1.89. The molecule has 0 heterocycles. The maximum absolute atomic E-state index is 13.6. The number of carbonyl (C=O) groups is 5. The van der Waals surface area contributed by atoms with Crippen molar-refractivity contribution in [1.29, 1.82) is 0 Å². The fourth-order valence-corrected chi connectivity index (χ4v) is 4.94. The molecule has 5 N–H and O–H groups in total. The number of phenols is 1. The van der Waals surface area contributed by atoms with E-state index < -0.39 is 53.2 Å². The molecule has 0 saturated heterocycles. The monoisotopic (exact) mass is 668 g/mol. The van der Waals surface area contributed by atoms with E-state index in [1.54, 1.807) is 60.6 Å². The Morgan fingerprint density at radius 1 is 0.792 bits per heavy atom. The molecule has 0 aliphatic carbocycles. The molecule has 12 heteroatoms. The normalized spacial score (nSPS) is 13.4. The Kier molecular flexibility index (Phi) is 14.4. The largest absolute Gasteiger partial charge is 0.508 e. The summed E-state index contributed by atoms with van der Waals surface area (Å²) in [7, 11) is 0. The van der Waals surface area contributed by atoms with Crippen molar-refractivity contribution in [3.63, 3.8) is 0 Å². The summed E-state index contributed by atoms with van der Waals surface area (Å²) in [6, 6.07) is 11.1. The summed E-state index contributed by atoms with van der Waals surface area (Å²) in [6.45, 7) is 15.3. The lowest BCUT2D eigenvalue weighted by Crippen LogP contribution is -2.49. The van der Waals surface area contributed by atoms with Crippen molar-refractivity contribution in [2.45, 2.75) is 105 Å². The smallest absolute Gasteiger partial charge is 0.408 e. The second kappa shape index (κ2) is 17.5. The van der Waals surface area contributed by atoms with Gasteiger partial charge in [0.25, 0.3) is 0 Å². The number of phenolic OH excluding ortho intramolecular Hbond substituents is 1. The van der Waals surface area contributed by atoms with Crippen molar-refractivity contribution in [3.8, 4) is 5.75 Å². The number of aryl methyl sites for hydroxylation is 2. The molecule has 0 aromatic heterocycles. The van der Waals surface area contributed by atoms with E-state index in [1.807, 2.05) is 44.2 Å². The third-order valence-electron chi connectivity index (χ3n) is 7.13. The lowest BCUT2D eigenvalue weighted by atomic mass is 9.91. The Bertz CT molecular complexity index is 1410. The molecule has 2 aromatic carbocycles. The number of hydrogen-bond acceptors (Lipinski definition) is 8. The van der Waals surface area contributed by atoms with Crippen LogP contribution in [0.1, 0.15) is 77.1 Å². The Labute approximate surface area is 283 Å². The van der Waals surface area contributed by atoms with Crippen LogP contribution in [0.3, 0.4) is 0 Å². The maximum atomic E-state index is 13.6. The number of benzene rings is 2. The number of rotatable bonds is 14. The minimum absolute atomic E-state index is 0.0654.